The molecule has 0 aromatic heterocycles. The highest BCUT2D eigenvalue weighted by molar-refractivity contribution is 5.25. The van der Waals surface area contributed by atoms with Gasteiger partial charge in [-0.15, -0.1) is 0 Å². The predicted molar refractivity (Wildman–Crippen MR) is 55.6 cm³/mol. The molecule has 0 amide bonds. The Balaban J connectivity index is 5.15. The van der Waals surface area contributed by atoms with Gasteiger partial charge in [0.2, 0.25) is 5.79 Å². The van der Waals surface area contributed by atoms with Gasteiger partial charge in [0.1, 0.15) is 0 Å². The predicted octanol–water partition coefficient (Wildman–Crippen LogP) is 2.91. The van der Waals surface area contributed by atoms with Crippen LogP contribution in [-0.4, -0.2) is 20.0 Å². The summed E-state index contributed by atoms with van der Waals surface area (Å²) in [5.41, 5.74) is 2.13. The van der Waals surface area contributed by atoms with Crippen molar-refractivity contribution >= 4 is 0 Å². The average Bonchev–Trinajstić information content (AvgIpc) is 2.19. The highest BCUT2D eigenvalue weighted by atomic mass is 16.7. The molecule has 0 aliphatic heterocycles. The van der Waals surface area contributed by atoms with Gasteiger partial charge in [0.15, 0.2) is 0 Å². The summed E-state index contributed by atoms with van der Waals surface area (Å²) in [4.78, 5) is 0. The van der Waals surface area contributed by atoms with E-state index in [0.29, 0.717) is 0 Å². The lowest BCUT2D eigenvalue weighted by atomic mass is 9.99. The van der Waals surface area contributed by atoms with Crippen LogP contribution < -0.4 is 0 Å². The molecule has 13 heavy (non-hydrogen) atoms. The summed E-state index contributed by atoms with van der Waals surface area (Å²) >= 11 is 0. The largest absolute Gasteiger partial charge is 0.346 e. The molecule has 76 valence electrons. The lowest BCUT2D eigenvalue weighted by molar-refractivity contribution is -0.150. The van der Waals surface area contributed by atoms with Crippen molar-refractivity contribution in [1.29, 1.82) is 0 Å². The van der Waals surface area contributed by atoms with Crippen LogP contribution in [0.25, 0.3) is 0 Å². The van der Waals surface area contributed by atoms with Crippen molar-refractivity contribution in [2.24, 2.45) is 0 Å². The standard InChI is InChI=1S/C11H20O2/c1-7-9(3)11(12-5,13-6)10(4)8-2/h7-8H,1-6H3/b9-7-,10-8+. The summed E-state index contributed by atoms with van der Waals surface area (Å²) in [6.07, 6.45) is 4.00. The summed E-state index contributed by atoms with van der Waals surface area (Å²) in [5, 5.41) is 0. The smallest absolute Gasteiger partial charge is 0.212 e. The van der Waals surface area contributed by atoms with Gasteiger partial charge in [-0.3, -0.25) is 0 Å². The maximum absolute atomic E-state index is 5.43. The highest BCUT2D eigenvalue weighted by Crippen LogP contribution is 2.29. The minimum absolute atomic E-state index is 0.677. The zero-order valence-corrected chi connectivity index (χ0v) is 9.47. The van der Waals surface area contributed by atoms with Crippen LogP contribution in [0.15, 0.2) is 23.3 Å². The monoisotopic (exact) mass is 184 g/mol. The first-order valence-corrected chi connectivity index (χ1v) is 4.46. The molecule has 0 radical (unpaired) electrons. The zero-order valence-electron chi connectivity index (χ0n) is 9.47. The molecule has 0 saturated carbocycles. The fourth-order valence-corrected chi connectivity index (χ4v) is 1.42. The van der Waals surface area contributed by atoms with Gasteiger partial charge in [-0.1, -0.05) is 12.2 Å². The first-order valence-electron chi connectivity index (χ1n) is 4.46. The molecule has 0 fully saturated rings. The van der Waals surface area contributed by atoms with E-state index in [2.05, 4.69) is 0 Å². The van der Waals surface area contributed by atoms with E-state index in [1.807, 2.05) is 39.8 Å². The number of methoxy groups -OCH3 is 2. The molecule has 0 bridgehead atoms. The third-order valence-electron chi connectivity index (χ3n) is 2.48. The number of hydrogen-bond acceptors (Lipinski definition) is 2. The highest BCUT2D eigenvalue weighted by Gasteiger charge is 2.32. The van der Waals surface area contributed by atoms with E-state index in [4.69, 9.17) is 9.47 Å². The second-order valence-corrected chi connectivity index (χ2v) is 2.97. The Hall–Kier alpha value is -0.600. The number of allylic oxidation sites excluding steroid dienone is 2. The zero-order chi connectivity index (χ0) is 10.5. The maximum atomic E-state index is 5.43. The van der Waals surface area contributed by atoms with Crippen LogP contribution in [0.4, 0.5) is 0 Å². The number of rotatable bonds is 4. The normalized spacial score (nSPS) is 14.9. The van der Waals surface area contributed by atoms with Gasteiger partial charge in [-0.05, 0) is 38.8 Å². The van der Waals surface area contributed by atoms with Gasteiger partial charge in [0, 0.05) is 14.2 Å². The Morgan fingerprint density at radius 1 is 0.923 bits per heavy atom. The van der Waals surface area contributed by atoms with Crippen molar-refractivity contribution in [2.75, 3.05) is 14.2 Å². The van der Waals surface area contributed by atoms with E-state index >= 15 is 0 Å². The van der Waals surface area contributed by atoms with Crippen LogP contribution >= 0.6 is 0 Å². The second-order valence-electron chi connectivity index (χ2n) is 2.97. The molecular weight excluding hydrogens is 164 g/mol. The first-order chi connectivity index (χ1) is 6.08. The summed E-state index contributed by atoms with van der Waals surface area (Å²) in [7, 11) is 3.31. The van der Waals surface area contributed by atoms with E-state index in [-0.39, 0.29) is 0 Å². The Kier molecular flexibility index (Phi) is 4.96. The Morgan fingerprint density at radius 2 is 1.23 bits per heavy atom. The van der Waals surface area contributed by atoms with Gasteiger partial charge < -0.3 is 9.47 Å². The van der Waals surface area contributed by atoms with Crippen molar-refractivity contribution < 1.29 is 9.47 Å². The van der Waals surface area contributed by atoms with E-state index in [0.717, 1.165) is 11.1 Å². The minimum Gasteiger partial charge on any atom is -0.346 e. The molecule has 0 heterocycles. The van der Waals surface area contributed by atoms with Crippen molar-refractivity contribution in [3.05, 3.63) is 23.3 Å². The fourth-order valence-electron chi connectivity index (χ4n) is 1.42. The number of ether oxygens (including phenoxy) is 2. The Bertz CT molecular complexity index is 190. The van der Waals surface area contributed by atoms with Gasteiger partial charge in [-0.25, -0.2) is 0 Å². The topological polar surface area (TPSA) is 18.5 Å². The molecule has 0 aliphatic carbocycles. The van der Waals surface area contributed by atoms with E-state index in [1.165, 1.54) is 0 Å². The second kappa shape index (κ2) is 5.20. The number of hydrogen-bond donors (Lipinski definition) is 0. The Morgan fingerprint density at radius 3 is 1.38 bits per heavy atom. The van der Waals surface area contributed by atoms with Crippen molar-refractivity contribution in [3.63, 3.8) is 0 Å². The molecule has 0 N–H and O–H groups in total. The minimum atomic E-state index is -0.677. The van der Waals surface area contributed by atoms with Crippen molar-refractivity contribution in [2.45, 2.75) is 33.5 Å². The summed E-state index contributed by atoms with van der Waals surface area (Å²) < 4.78 is 10.9. The Labute approximate surface area is 81.2 Å². The van der Waals surface area contributed by atoms with Gasteiger partial charge >= 0.3 is 0 Å². The molecule has 0 spiro atoms. The molecular formula is C11H20O2. The van der Waals surface area contributed by atoms with Crippen LogP contribution in [0, 0.1) is 0 Å². The van der Waals surface area contributed by atoms with Crippen LogP contribution in [0.5, 0.6) is 0 Å². The molecule has 0 unspecified atom stereocenters. The van der Waals surface area contributed by atoms with Gasteiger partial charge in [0.25, 0.3) is 0 Å². The fraction of sp³-hybridized carbons (Fsp3) is 0.636. The van der Waals surface area contributed by atoms with E-state index < -0.39 is 5.79 Å². The van der Waals surface area contributed by atoms with Gasteiger partial charge in [0.05, 0.1) is 0 Å². The summed E-state index contributed by atoms with van der Waals surface area (Å²) in [6.45, 7) is 7.95. The lowest BCUT2D eigenvalue weighted by Gasteiger charge is -2.32. The molecule has 0 aliphatic rings. The third-order valence-corrected chi connectivity index (χ3v) is 2.48. The molecule has 0 saturated heterocycles. The van der Waals surface area contributed by atoms with E-state index in [9.17, 15) is 0 Å². The molecule has 2 heteroatoms. The quantitative estimate of drug-likeness (QED) is 0.494. The van der Waals surface area contributed by atoms with Crippen LogP contribution in [0.1, 0.15) is 27.7 Å². The molecule has 0 aromatic rings. The van der Waals surface area contributed by atoms with E-state index in [1.54, 1.807) is 14.2 Å². The molecule has 0 atom stereocenters. The molecule has 0 aromatic carbocycles. The van der Waals surface area contributed by atoms with Crippen molar-refractivity contribution in [1.82, 2.24) is 0 Å². The maximum Gasteiger partial charge on any atom is 0.212 e. The van der Waals surface area contributed by atoms with Crippen LogP contribution in [0.2, 0.25) is 0 Å². The average molecular weight is 184 g/mol. The SMILES string of the molecule is C/C=C(/C)C(OC)(OC)/C(C)=C/C. The van der Waals surface area contributed by atoms with Gasteiger partial charge in [-0.2, -0.15) is 0 Å². The lowest BCUT2D eigenvalue weighted by Crippen LogP contribution is -2.36. The van der Waals surface area contributed by atoms with Crippen LogP contribution in [-0.2, 0) is 9.47 Å². The molecule has 0 rings (SSSR count). The summed E-state index contributed by atoms with van der Waals surface area (Å²) in [6, 6.07) is 0. The summed E-state index contributed by atoms with van der Waals surface area (Å²) in [5.74, 6) is -0.677. The van der Waals surface area contributed by atoms with Crippen molar-refractivity contribution in [3.8, 4) is 0 Å². The molecule has 2 nitrogen and oxygen atoms in total. The first kappa shape index (κ1) is 12.4. The van der Waals surface area contributed by atoms with Crippen LogP contribution in [0.3, 0.4) is 0 Å². The third kappa shape index (κ3) is 2.20.